The number of imidazole rings is 1. The van der Waals surface area contributed by atoms with Crippen molar-refractivity contribution >= 4 is 22.8 Å². The minimum atomic E-state index is -1.42. The highest BCUT2D eigenvalue weighted by atomic mass is 32.2. The van der Waals surface area contributed by atoms with Gasteiger partial charge in [0.25, 0.3) is 5.56 Å². The number of amides is 1. The van der Waals surface area contributed by atoms with E-state index in [0.29, 0.717) is 65.8 Å². The van der Waals surface area contributed by atoms with Crippen LogP contribution in [-0.4, -0.2) is 83.8 Å². The van der Waals surface area contributed by atoms with E-state index >= 15 is 0 Å². The highest BCUT2D eigenvalue weighted by Gasteiger charge is 2.29. The summed E-state index contributed by atoms with van der Waals surface area (Å²) in [6, 6.07) is 5.32. The molecule has 2 aromatic heterocycles. The molecule has 1 aliphatic heterocycles. The zero-order chi connectivity index (χ0) is 27.2. The van der Waals surface area contributed by atoms with Crippen LogP contribution in [0.15, 0.2) is 27.9 Å². The third kappa shape index (κ3) is 6.18. The van der Waals surface area contributed by atoms with E-state index in [9.17, 15) is 14.1 Å². The molecule has 1 aliphatic rings. The van der Waals surface area contributed by atoms with Gasteiger partial charge in [0.2, 0.25) is 5.91 Å². The Hall–Kier alpha value is -2.97. The number of nitrogens with zero attached hydrogens (tertiary/aromatic N) is 5. The summed E-state index contributed by atoms with van der Waals surface area (Å²) < 4.78 is 22.9. The Balaban J connectivity index is 1.56. The molecule has 0 aliphatic carbocycles. The van der Waals surface area contributed by atoms with Crippen LogP contribution in [0.1, 0.15) is 44.6 Å². The van der Waals surface area contributed by atoms with Gasteiger partial charge in [-0.25, -0.2) is 15.0 Å². The van der Waals surface area contributed by atoms with E-state index in [4.69, 9.17) is 15.0 Å². The fourth-order valence-corrected chi connectivity index (χ4v) is 5.81. The van der Waals surface area contributed by atoms with E-state index in [1.807, 2.05) is 18.2 Å². The number of fused-ring (bicyclic) bond motifs is 1. The van der Waals surface area contributed by atoms with Crippen molar-refractivity contribution in [3.8, 4) is 17.1 Å². The van der Waals surface area contributed by atoms with Crippen LogP contribution in [0.4, 0.5) is 0 Å². The van der Waals surface area contributed by atoms with Gasteiger partial charge in [-0.15, -0.1) is 9.40 Å². The molecule has 12 nitrogen and oxygen atoms in total. The van der Waals surface area contributed by atoms with Crippen molar-refractivity contribution in [2.75, 3.05) is 39.3 Å². The van der Waals surface area contributed by atoms with Crippen molar-refractivity contribution in [2.45, 2.75) is 51.3 Å². The number of benzene rings is 1. The van der Waals surface area contributed by atoms with Crippen molar-refractivity contribution < 1.29 is 19.3 Å². The predicted molar refractivity (Wildman–Crippen MR) is 143 cm³/mol. The highest BCUT2D eigenvalue weighted by molar-refractivity contribution is 7.89. The van der Waals surface area contributed by atoms with E-state index in [2.05, 4.69) is 14.9 Å². The van der Waals surface area contributed by atoms with Crippen LogP contribution in [0.25, 0.3) is 16.9 Å². The summed E-state index contributed by atoms with van der Waals surface area (Å²) >= 11 is -1.42. The number of rotatable bonds is 11. The van der Waals surface area contributed by atoms with Crippen molar-refractivity contribution in [1.82, 2.24) is 34.3 Å². The maximum Gasteiger partial charge on any atom is 0.277 e. The maximum atomic E-state index is 13.5. The van der Waals surface area contributed by atoms with Crippen LogP contribution in [0.3, 0.4) is 0 Å². The number of aromatic amines is 1. The van der Waals surface area contributed by atoms with Crippen molar-refractivity contribution in [3.05, 3.63) is 40.1 Å². The number of piperazine rings is 1. The molecule has 1 amide bonds. The van der Waals surface area contributed by atoms with Crippen molar-refractivity contribution in [1.29, 1.82) is 0 Å². The van der Waals surface area contributed by atoms with Crippen LogP contribution in [-0.2, 0) is 22.6 Å². The molecule has 1 saturated heterocycles. The number of aryl methyl sites for hydroxylation is 2. The first-order valence-corrected chi connectivity index (χ1v) is 14.0. The van der Waals surface area contributed by atoms with Gasteiger partial charge in [-0.05, 0) is 45.4 Å². The quantitative estimate of drug-likeness (QED) is 0.186. The molecule has 0 bridgehead atoms. The van der Waals surface area contributed by atoms with Gasteiger partial charge in [-0.3, -0.25) is 14.8 Å². The second-order valence-electron chi connectivity index (χ2n) is 9.18. The number of ether oxygens (including phenoxy) is 1. The Morgan fingerprint density at radius 1 is 1.26 bits per heavy atom. The molecule has 0 spiro atoms. The van der Waals surface area contributed by atoms with E-state index in [1.54, 1.807) is 35.1 Å². The first-order valence-electron chi connectivity index (χ1n) is 12.9. The number of carbonyl (C=O) groups excluding carboxylic acids is 1. The van der Waals surface area contributed by atoms with Crippen LogP contribution in [0, 0.1) is 6.92 Å². The molecular formula is C25H35N7O5S. The summed E-state index contributed by atoms with van der Waals surface area (Å²) in [6.45, 7) is 9.55. The van der Waals surface area contributed by atoms with Gasteiger partial charge in [-0.1, -0.05) is 6.92 Å². The van der Waals surface area contributed by atoms with E-state index in [0.717, 1.165) is 31.9 Å². The molecule has 3 aromatic rings. The van der Waals surface area contributed by atoms with Crippen molar-refractivity contribution in [3.63, 3.8) is 0 Å². The van der Waals surface area contributed by atoms with Crippen LogP contribution in [0.5, 0.6) is 5.75 Å². The molecule has 0 saturated carbocycles. The smallest absolute Gasteiger partial charge is 0.277 e. The number of hydroxylamine groups is 1. The Kier molecular flexibility index (Phi) is 9.39. The molecular weight excluding hydrogens is 510 g/mol. The van der Waals surface area contributed by atoms with E-state index < -0.39 is 17.3 Å². The second-order valence-corrected chi connectivity index (χ2v) is 10.7. The zero-order valence-corrected chi connectivity index (χ0v) is 22.8. The van der Waals surface area contributed by atoms with E-state index in [-0.39, 0.29) is 12.0 Å². The second kappa shape index (κ2) is 12.7. The van der Waals surface area contributed by atoms with Gasteiger partial charge in [0.1, 0.15) is 11.6 Å². The Morgan fingerprint density at radius 2 is 2.03 bits per heavy atom. The summed E-state index contributed by atoms with van der Waals surface area (Å²) in [7, 11) is 0. The molecule has 1 atom stereocenters. The van der Waals surface area contributed by atoms with Crippen LogP contribution < -0.4 is 15.8 Å². The lowest BCUT2D eigenvalue weighted by atomic mass is 10.2. The fraction of sp³-hybridized carbons (Fsp3) is 0.520. The summed E-state index contributed by atoms with van der Waals surface area (Å²) in [5, 5.41) is 13.3. The molecule has 3 N–H and O–H groups in total. The summed E-state index contributed by atoms with van der Waals surface area (Å²) in [4.78, 5) is 34.4. The highest BCUT2D eigenvalue weighted by Crippen LogP contribution is 2.31. The summed E-state index contributed by atoms with van der Waals surface area (Å²) in [6.07, 6.45) is 2.46. The Bertz CT molecular complexity index is 1320. The van der Waals surface area contributed by atoms with Gasteiger partial charge in [0, 0.05) is 32.0 Å². The molecule has 0 unspecified atom stereocenters. The lowest BCUT2D eigenvalue weighted by Gasteiger charge is -2.34. The average Bonchev–Trinajstić information content (AvgIpc) is 3.24. The SMILES string of the molecule is CCCc1nc(C)c2c(=O)[nH]c(-c3cc([S@+]([O-])N4CCN(CCCC(=O)NO)CC4)ccc3OCC)nn12. The molecule has 4 rings (SSSR count). The first-order chi connectivity index (χ1) is 18.4. The third-order valence-electron chi connectivity index (χ3n) is 6.49. The van der Waals surface area contributed by atoms with Gasteiger partial charge < -0.3 is 19.2 Å². The Labute approximate surface area is 224 Å². The number of hydrogen-bond acceptors (Lipinski definition) is 9. The molecule has 0 radical (unpaired) electrons. The lowest BCUT2D eigenvalue weighted by molar-refractivity contribution is -0.129. The topological polar surface area (TPSA) is 151 Å². The fourth-order valence-electron chi connectivity index (χ4n) is 4.61. The van der Waals surface area contributed by atoms with Gasteiger partial charge in [0.15, 0.2) is 16.2 Å². The number of H-pyrrole nitrogens is 1. The summed E-state index contributed by atoms with van der Waals surface area (Å²) in [5.41, 5.74) is 2.97. The number of hydrogen-bond donors (Lipinski definition) is 3. The predicted octanol–water partition coefficient (Wildman–Crippen LogP) is 1.67. The van der Waals surface area contributed by atoms with Gasteiger partial charge >= 0.3 is 0 Å². The van der Waals surface area contributed by atoms with Gasteiger partial charge in [-0.2, -0.15) is 0 Å². The van der Waals surface area contributed by atoms with Gasteiger partial charge in [0.05, 0.1) is 42.3 Å². The zero-order valence-electron chi connectivity index (χ0n) is 22.0. The number of aromatic nitrogens is 4. The minimum absolute atomic E-state index is 0.262. The average molecular weight is 546 g/mol. The molecule has 1 fully saturated rings. The monoisotopic (exact) mass is 545 g/mol. The first kappa shape index (κ1) is 28.0. The molecule has 3 heterocycles. The number of carbonyl (C=O) groups is 1. The number of nitrogens with one attached hydrogen (secondary N) is 2. The molecule has 1 aromatic carbocycles. The molecule has 38 heavy (non-hydrogen) atoms. The Morgan fingerprint density at radius 3 is 2.71 bits per heavy atom. The minimum Gasteiger partial charge on any atom is -0.593 e. The summed E-state index contributed by atoms with van der Waals surface area (Å²) in [5.74, 6) is 1.20. The largest absolute Gasteiger partial charge is 0.593 e. The van der Waals surface area contributed by atoms with Crippen molar-refractivity contribution in [2.24, 2.45) is 0 Å². The lowest BCUT2D eigenvalue weighted by Crippen LogP contribution is -2.48. The standard InChI is InChI=1S/C25H35N7O5S/c1-4-7-21-26-17(3)23-25(34)27-24(28-32(21)23)19-16-18(9-10-20(19)37-5-2)38(36)31-14-12-30(13-15-31)11-6-8-22(33)29-35/h9-10,16,35H,4-8,11-15H2,1-3H3,(H,29,33)(H,27,28,34)/t38-/m0/s1. The molecule has 13 heteroatoms. The maximum absolute atomic E-state index is 13.5. The molecule has 206 valence electrons. The van der Waals surface area contributed by atoms with E-state index in [1.165, 1.54) is 0 Å². The normalized spacial score (nSPS) is 15.6. The van der Waals surface area contributed by atoms with Crippen LogP contribution >= 0.6 is 0 Å². The van der Waals surface area contributed by atoms with Crippen LogP contribution in [0.2, 0.25) is 0 Å². The third-order valence-corrected chi connectivity index (χ3v) is 7.98.